The van der Waals surface area contributed by atoms with E-state index in [4.69, 9.17) is 0 Å². The van der Waals surface area contributed by atoms with Crippen molar-refractivity contribution in [1.82, 2.24) is 10.3 Å². The molecule has 3 N–H and O–H groups in total. The normalized spacial score (nSPS) is 12.1. The maximum atomic E-state index is 13.6. The third-order valence-corrected chi connectivity index (χ3v) is 7.99. The molecule has 0 aliphatic rings. The molecule has 7 nitrogen and oxygen atoms in total. The number of hydrogen-bond acceptors (Lipinski definition) is 5. The Labute approximate surface area is 272 Å². The van der Waals surface area contributed by atoms with E-state index in [9.17, 15) is 27.6 Å². The van der Waals surface area contributed by atoms with Crippen molar-refractivity contribution in [2.45, 2.75) is 16.3 Å². The smallest absolute Gasteiger partial charge is 0.324 e. The van der Waals surface area contributed by atoms with E-state index in [1.165, 1.54) is 24.3 Å². The number of nitrogens with one attached hydrogen (secondary N) is 3. The van der Waals surface area contributed by atoms with Crippen LogP contribution in [0.15, 0.2) is 144 Å². The number of rotatable bonds is 10. The number of halogens is 3. The second kappa shape index (κ2) is 15.1. The highest BCUT2D eigenvalue weighted by Gasteiger charge is 2.34. The molecule has 4 aromatic carbocycles. The fraction of sp³-hybridized carbons (Fsp3) is 0.0556. The van der Waals surface area contributed by atoms with E-state index in [1.807, 2.05) is 0 Å². The molecular weight excluding hydrogens is 625 g/mol. The van der Waals surface area contributed by atoms with Gasteiger partial charge in [-0.15, -0.1) is 11.8 Å². The number of amides is 3. The predicted octanol–water partition coefficient (Wildman–Crippen LogP) is 7.98. The Balaban J connectivity index is 1.33. The van der Waals surface area contributed by atoms with Crippen molar-refractivity contribution >= 4 is 46.9 Å². The number of nitrogens with zero attached hydrogens (tertiary/aromatic N) is 1. The van der Waals surface area contributed by atoms with E-state index in [0.29, 0.717) is 27.3 Å². The molecule has 5 aromatic rings. The number of para-hydroxylation sites is 1. The minimum atomic E-state index is -4.64. The van der Waals surface area contributed by atoms with Gasteiger partial charge in [-0.05, 0) is 71.8 Å². The Hall–Kier alpha value is -5.68. The van der Waals surface area contributed by atoms with Crippen molar-refractivity contribution in [2.24, 2.45) is 0 Å². The Kier molecular flexibility index (Phi) is 10.5. The largest absolute Gasteiger partial charge is 0.418 e. The van der Waals surface area contributed by atoms with Crippen LogP contribution in [0.4, 0.5) is 24.5 Å². The second-order valence-electron chi connectivity index (χ2n) is 10.1. The van der Waals surface area contributed by atoms with Gasteiger partial charge in [0.05, 0.1) is 11.3 Å². The van der Waals surface area contributed by atoms with Gasteiger partial charge >= 0.3 is 6.18 Å². The van der Waals surface area contributed by atoms with Crippen molar-refractivity contribution in [1.29, 1.82) is 0 Å². The zero-order valence-corrected chi connectivity index (χ0v) is 25.4. The molecule has 0 bridgehead atoms. The van der Waals surface area contributed by atoms with E-state index in [2.05, 4.69) is 20.9 Å². The number of alkyl halides is 3. The van der Waals surface area contributed by atoms with Gasteiger partial charge in [0.2, 0.25) is 5.91 Å². The van der Waals surface area contributed by atoms with Crippen LogP contribution in [0.1, 0.15) is 32.3 Å². The number of pyridine rings is 1. The quantitative estimate of drug-likeness (QED) is 0.105. The molecule has 5 rings (SSSR count). The summed E-state index contributed by atoms with van der Waals surface area (Å²) in [7, 11) is 0. The van der Waals surface area contributed by atoms with Crippen LogP contribution in [0.2, 0.25) is 0 Å². The highest BCUT2D eigenvalue weighted by Crippen LogP contribution is 2.39. The molecule has 0 radical (unpaired) electrons. The highest BCUT2D eigenvalue weighted by molar-refractivity contribution is 8.00. The van der Waals surface area contributed by atoms with Gasteiger partial charge in [-0.25, -0.2) is 0 Å². The molecule has 1 aromatic heterocycles. The van der Waals surface area contributed by atoms with Gasteiger partial charge in [0, 0.05) is 28.5 Å². The van der Waals surface area contributed by atoms with Crippen molar-refractivity contribution in [3.8, 4) is 0 Å². The van der Waals surface area contributed by atoms with E-state index in [1.54, 1.807) is 109 Å². The number of aromatic nitrogens is 1. The van der Waals surface area contributed by atoms with E-state index in [-0.39, 0.29) is 11.4 Å². The zero-order chi connectivity index (χ0) is 33.2. The lowest BCUT2D eigenvalue weighted by Gasteiger charge is -2.19. The molecule has 0 aliphatic carbocycles. The van der Waals surface area contributed by atoms with Gasteiger partial charge in [-0.2, -0.15) is 13.2 Å². The summed E-state index contributed by atoms with van der Waals surface area (Å²) in [4.78, 5) is 44.3. The first-order valence-corrected chi connectivity index (χ1v) is 15.1. The lowest BCUT2D eigenvalue weighted by Crippen LogP contribution is -2.30. The summed E-state index contributed by atoms with van der Waals surface area (Å²) in [5.41, 5.74) is 0.687. The Morgan fingerprint density at radius 3 is 2.06 bits per heavy atom. The van der Waals surface area contributed by atoms with Crippen molar-refractivity contribution in [3.63, 3.8) is 0 Å². The van der Waals surface area contributed by atoms with Crippen LogP contribution in [0.3, 0.4) is 0 Å². The van der Waals surface area contributed by atoms with Crippen LogP contribution >= 0.6 is 11.8 Å². The zero-order valence-electron chi connectivity index (χ0n) is 24.6. The van der Waals surface area contributed by atoms with Crippen LogP contribution in [-0.2, 0) is 15.8 Å². The molecule has 0 fully saturated rings. The van der Waals surface area contributed by atoms with Gasteiger partial charge in [0.25, 0.3) is 11.8 Å². The maximum Gasteiger partial charge on any atom is 0.418 e. The van der Waals surface area contributed by atoms with Crippen LogP contribution < -0.4 is 16.0 Å². The van der Waals surface area contributed by atoms with Gasteiger partial charge in [-0.3, -0.25) is 19.4 Å². The average molecular weight is 653 g/mol. The van der Waals surface area contributed by atoms with Crippen molar-refractivity contribution in [2.75, 3.05) is 10.6 Å². The van der Waals surface area contributed by atoms with Gasteiger partial charge in [-0.1, -0.05) is 66.7 Å². The molecule has 1 atom stereocenters. The number of carbonyl (C=O) groups is 3. The third kappa shape index (κ3) is 8.95. The van der Waals surface area contributed by atoms with Crippen molar-refractivity contribution in [3.05, 3.63) is 162 Å². The summed E-state index contributed by atoms with van der Waals surface area (Å²) in [5.74, 6) is -1.68. The minimum absolute atomic E-state index is 0.00902. The molecule has 0 saturated carbocycles. The first-order valence-electron chi connectivity index (χ1n) is 14.3. The molecule has 47 heavy (non-hydrogen) atoms. The summed E-state index contributed by atoms with van der Waals surface area (Å²) < 4.78 is 40.8. The standard InChI is InChI=1S/C36H27F3N4O3S/c37-36(38,39)29-15-7-8-16-30(29)42-35(46)32(25-11-3-1-4-12-25)47-28-19-17-27(18-20-28)41-34(45)31(22-24-10-9-21-40-23-24)43-33(44)26-13-5-2-6-14-26/h1-23,32H,(H,41,45)(H,42,46)(H,43,44)/b31-22-. The molecule has 11 heteroatoms. The number of carbonyl (C=O) groups excluding carboxylic acids is 3. The third-order valence-electron chi connectivity index (χ3n) is 6.72. The lowest BCUT2D eigenvalue weighted by molar-refractivity contribution is -0.137. The molecule has 3 amide bonds. The maximum absolute atomic E-state index is 13.6. The van der Waals surface area contributed by atoms with E-state index >= 15 is 0 Å². The Morgan fingerprint density at radius 1 is 0.745 bits per heavy atom. The summed E-state index contributed by atoms with van der Waals surface area (Å²) >= 11 is 1.14. The number of anilines is 2. The van der Waals surface area contributed by atoms with Crippen LogP contribution in [-0.4, -0.2) is 22.7 Å². The molecule has 0 spiro atoms. The molecule has 236 valence electrons. The fourth-order valence-electron chi connectivity index (χ4n) is 4.46. The minimum Gasteiger partial charge on any atom is -0.324 e. The monoisotopic (exact) mass is 652 g/mol. The topological polar surface area (TPSA) is 100 Å². The van der Waals surface area contributed by atoms with Gasteiger partial charge in [0.15, 0.2) is 0 Å². The number of benzene rings is 4. The van der Waals surface area contributed by atoms with Crippen molar-refractivity contribution < 1.29 is 27.6 Å². The van der Waals surface area contributed by atoms with Crippen LogP contribution in [0.5, 0.6) is 0 Å². The van der Waals surface area contributed by atoms with Gasteiger partial charge < -0.3 is 16.0 Å². The fourth-order valence-corrected chi connectivity index (χ4v) is 5.48. The lowest BCUT2D eigenvalue weighted by atomic mass is 10.1. The summed E-state index contributed by atoms with van der Waals surface area (Å²) in [6.45, 7) is 0. The molecule has 0 aliphatic heterocycles. The van der Waals surface area contributed by atoms with Crippen LogP contribution in [0, 0.1) is 0 Å². The van der Waals surface area contributed by atoms with Crippen LogP contribution in [0.25, 0.3) is 6.08 Å². The van der Waals surface area contributed by atoms with Gasteiger partial charge in [0.1, 0.15) is 10.9 Å². The van der Waals surface area contributed by atoms with E-state index in [0.717, 1.165) is 17.8 Å². The van der Waals surface area contributed by atoms with E-state index < -0.39 is 34.7 Å². The SMILES string of the molecule is O=C(Nc1ccc(SC(C(=O)Nc2ccccc2C(F)(F)F)c2ccccc2)cc1)/C(=C/c1cccnc1)NC(=O)c1ccccc1. The predicted molar refractivity (Wildman–Crippen MR) is 176 cm³/mol. The molecule has 0 saturated heterocycles. The average Bonchev–Trinajstić information content (AvgIpc) is 3.08. The molecule has 1 heterocycles. The number of thioether (sulfide) groups is 1. The molecule has 1 unspecified atom stereocenters. The molecular formula is C36H27F3N4O3S. The first-order chi connectivity index (χ1) is 22.7. The first kappa shape index (κ1) is 32.7. The highest BCUT2D eigenvalue weighted by atomic mass is 32.2. The Morgan fingerprint density at radius 2 is 1.40 bits per heavy atom. The summed E-state index contributed by atoms with van der Waals surface area (Å²) in [6, 6.07) is 32.0. The summed E-state index contributed by atoms with van der Waals surface area (Å²) in [5, 5.41) is 7.00. The number of hydrogen-bond donors (Lipinski definition) is 3. The Bertz CT molecular complexity index is 1870. The second-order valence-corrected chi connectivity index (χ2v) is 11.3. The summed E-state index contributed by atoms with van der Waals surface area (Å²) in [6.07, 6.45) is 0.00589.